The second kappa shape index (κ2) is 6.64. The van der Waals surface area contributed by atoms with Crippen LogP contribution in [0.2, 0.25) is 0 Å². The average molecular weight is 350 g/mol. The van der Waals surface area contributed by atoms with Gasteiger partial charge in [-0.2, -0.15) is 9.61 Å². The predicted octanol–water partition coefficient (Wildman–Crippen LogP) is 4.40. The van der Waals surface area contributed by atoms with Gasteiger partial charge in [0.1, 0.15) is 10.8 Å². The summed E-state index contributed by atoms with van der Waals surface area (Å²) in [4.78, 5) is 0.815. The van der Waals surface area contributed by atoms with Crippen molar-refractivity contribution in [2.75, 3.05) is 7.11 Å². The highest BCUT2D eigenvalue weighted by atomic mass is 32.1. The minimum atomic E-state index is 0.275. The van der Waals surface area contributed by atoms with Crippen LogP contribution in [0.25, 0.3) is 16.3 Å². The van der Waals surface area contributed by atoms with Crippen LogP contribution in [0.15, 0.2) is 54.6 Å². The van der Waals surface area contributed by atoms with E-state index in [1.807, 2.05) is 34.8 Å². The molecule has 2 aromatic heterocycles. The van der Waals surface area contributed by atoms with Gasteiger partial charge in [0, 0.05) is 11.5 Å². The van der Waals surface area contributed by atoms with E-state index < -0.39 is 0 Å². The first kappa shape index (κ1) is 15.8. The third-order valence-electron chi connectivity index (χ3n) is 4.26. The Morgan fingerprint density at radius 3 is 2.48 bits per heavy atom. The Morgan fingerprint density at radius 2 is 1.80 bits per heavy atom. The first-order chi connectivity index (χ1) is 12.3. The number of fused-ring (bicyclic) bond motifs is 1. The first-order valence-electron chi connectivity index (χ1n) is 8.21. The van der Waals surface area contributed by atoms with Gasteiger partial charge in [0.05, 0.1) is 7.11 Å². The molecule has 0 saturated carbocycles. The Bertz CT molecular complexity index is 976. The minimum Gasteiger partial charge on any atom is -0.497 e. The third kappa shape index (κ3) is 2.89. The second-order valence-corrected chi connectivity index (χ2v) is 6.75. The van der Waals surface area contributed by atoms with Crippen molar-refractivity contribution in [3.63, 3.8) is 0 Å². The summed E-state index contributed by atoms with van der Waals surface area (Å²) in [5.74, 6) is 1.85. The summed E-state index contributed by atoms with van der Waals surface area (Å²) in [5.41, 5.74) is 2.25. The van der Waals surface area contributed by atoms with E-state index in [0.29, 0.717) is 0 Å². The van der Waals surface area contributed by atoms with Gasteiger partial charge in [0.15, 0.2) is 5.82 Å². The van der Waals surface area contributed by atoms with E-state index in [1.165, 1.54) is 5.56 Å². The molecular weight excluding hydrogens is 332 g/mol. The maximum absolute atomic E-state index is 5.22. The van der Waals surface area contributed by atoms with Gasteiger partial charge in [0.2, 0.25) is 4.96 Å². The average Bonchev–Trinajstić information content (AvgIpc) is 3.24. The fourth-order valence-corrected chi connectivity index (χ4v) is 3.98. The van der Waals surface area contributed by atoms with Crippen LogP contribution in [-0.2, 0) is 0 Å². The van der Waals surface area contributed by atoms with Gasteiger partial charge in [-0.1, -0.05) is 48.6 Å². The highest BCUT2D eigenvalue weighted by Crippen LogP contribution is 2.32. The van der Waals surface area contributed by atoms with Crippen molar-refractivity contribution >= 4 is 16.3 Å². The molecule has 0 aliphatic carbocycles. The molecule has 2 aromatic carbocycles. The van der Waals surface area contributed by atoms with Crippen LogP contribution in [0.4, 0.5) is 0 Å². The number of hydrogen-bond acceptors (Lipinski definition) is 5. The van der Waals surface area contributed by atoms with Crippen LogP contribution in [0.5, 0.6) is 5.75 Å². The van der Waals surface area contributed by atoms with Crippen molar-refractivity contribution in [3.8, 4) is 17.1 Å². The zero-order valence-electron chi connectivity index (χ0n) is 14.1. The van der Waals surface area contributed by atoms with Gasteiger partial charge in [-0.05, 0) is 36.2 Å². The van der Waals surface area contributed by atoms with E-state index in [-0.39, 0.29) is 5.92 Å². The van der Waals surface area contributed by atoms with Crippen LogP contribution in [0.3, 0.4) is 0 Å². The zero-order chi connectivity index (χ0) is 17.2. The lowest BCUT2D eigenvalue weighted by molar-refractivity contribution is 0.415. The van der Waals surface area contributed by atoms with Crippen molar-refractivity contribution in [1.29, 1.82) is 0 Å². The summed E-state index contributed by atoms with van der Waals surface area (Å²) in [7, 11) is 1.66. The Morgan fingerprint density at radius 1 is 1.04 bits per heavy atom. The summed E-state index contributed by atoms with van der Waals surface area (Å²) in [6, 6.07) is 18.3. The van der Waals surface area contributed by atoms with E-state index in [1.54, 1.807) is 18.4 Å². The molecule has 4 aromatic rings. The highest BCUT2D eigenvalue weighted by molar-refractivity contribution is 7.16. The summed E-state index contributed by atoms with van der Waals surface area (Å²) < 4.78 is 7.06. The Balaban J connectivity index is 1.74. The highest BCUT2D eigenvalue weighted by Gasteiger charge is 2.20. The quantitative estimate of drug-likeness (QED) is 0.535. The molecule has 0 spiro atoms. The lowest BCUT2D eigenvalue weighted by Crippen LogP contribution is -2.01. The van der Waals surface area contributed by atoms with Crippen LogP contribution in [0.1, 0.15) is 29.8 Å². The molecule has 0 saturated heterocycles. The Kier molecular flexibility index (Phi) is 4.19. The van der Waals surface area contributed by atoms with E-state index >= 15 is 0 Å². The van der Waals surface area contributed by atoms with Gasteiger partial charge >= 0.3 is 0 Å². The zero-order valence-corrected chi connectivity index (χ0v) is 14.9. The van der Waals surface area contributed by atoms with E-state index in [0.717, 1.165) is 33.5 Å². The number of aromatic nitrogens is 4. The maximum atomic E-state index is 5.22. The summed E-state index contributed by atoms with van der Waals surface area (Å²) >= 11 is 1.60. The van der Waals surface area contributed by atoms with Crippen LogP contribution < -0.4 is 4.74 Å². The van der Waals surface area contributed by atoms with Crippen molar-refractivity contribution in [1.82, 2.24) is 19.8 Å². The molecule has 0 bridgehead atoms. The first-order valence-corrected chi connectivity index (χ1v) is 9.03. The number of nitrogens with zero attached hydrogens (tertiary/aromatic N) is 4. The Hall–Kier alpha value is -2.73. The van der Waals surface area contributed by atoms with Crippen molar-refractivity contribution in [3.05, 3.63) is 65.2 Å². The monoisotopic (exact) mass is 350 g/mol. The number of benzene rings is 2. The molecule has 25 heavy (non-hydrogen) atoms. The van der Waals surface area contributed by atoms with Crippen molar-refractivity contribution in [2.24, 2.45) is 0 Å². The normalized spacial score (nSPS) is 12.4. The molecule has 0 amide bonds. The molecule has 2 heterocycles. The predicted molar refractivity (Wildman–Crippen MR) is 99.2 cm³/mol. The molecule has 126 valence electrons. The minimum absolute atomic E-state index is 0.275. The van der Waals surface area contributed by atoms with E-state index in [2.05, 4.69) is 41.4 Å². The molecular formula is C19H18N4OS. The van der Waals surface area contributed by atoms with Crippen LogP contribution >= 0.6 is 11.3 Å². The standard InChI is InChI=1S/C19H18N4OS/c1-3-16(13-7-5-4-6-8-13)18-22-23-17(20-21-19(23)25-18)14-9-11-15(24-2)12-10-14/h4-12,16H,3H2,1-2H3. The Labute approximate surface area is 149 Å². The molecule has 0 aliphatic rings. The fraction of sp³-hybridized carbons (Fsp3) is 0.211. The summed E-state index contributed by atoms with van der Waals surface area (Å²) in [6.45, 7) is 2.18. The van der Waals surface area contributed by atoms with Crippen LogP contribution in [-0.4, -0.2) is 26.9 Å². The van der Waals surface area contributed by atoms with Crippen molar-refractivity contribution < 1.29 is 4.74 Å². The van der Waals surface area contributed by atoms with Crippen molar-refractivity contribution in [2.45, 2.75) is 19.3 Å². The summed E-state index contributed by atoms with van der Waals surface area (Å²) in [6.07, 6.45) is 0.992. The molecule has 1 atom stereocenters. The van der Waals surface area contributed by atoms with Crippen LogP contribution in [0, 0.1) is 0 Å². The topological polar surface area (TPSA) is 52.3 Å². The van der Waals surface area contributed by atoms with Gasteiger partial charge in [-0.15, -0.1) is 10.2 Å². The lowest BCUT2D eigenvalue weighted by Gasteiger charge is -2.11. The van der Waals surface area contributed by atoms with E-state index in [9.17, 15) is 0 Å². The third-order valence-corrected chi connectivity index (χ3v) is 5.28. The molecule has 0 aliphatic heterocycles. The largest absolute Gasteiger partial charge is 0.497 e. The molecule has 4 rings (SSSR count). The second-order valence-electron chi connectivity index (χ2n) is 5.76. The van der Waals surface area contributed by atoms with Gasteiger partial charge in [-0.3, -0.25) is 0 Å². The van der Waals surface area contributed by atoms with Gasteiger partial charge in [0.25, 0.3) is 0 Å². The number of methoxy groups -OCH3 is 1. The molecule has 1 unspecified atom stereocenters. The molecule has 0 radical (unpaired) electrons. The fourth-order valence-electron chi connectivity index (χ4n) is 2.93. The number of ether oxygens (including phenoxy) is 1. The van der Waals surface area contributed by atoms with Gasteiger partial charge in [-0.25, -0.2) is 0 Å². The molecule has 6 heteroatoms. The lowest BCUT2D eigenvalue weighted by atomic mass is 9.97. The SMILES string of the molecule is CCC(c1ccccc1)c1nn2c(-c3ccc(OC)cc3)nnc2s1. The number of rotatable bonds is 5. The molecule has 0 N–H and O–H groups in total. The molecule has 5 nitrogen and oxygen atoms in total. The number of hydrogen-bond donors (Lipinski definition) is 0. The van der Waals surface area contributed by atoms with E-state index in [4.69, 9.17) is 9.84 Å². The maximum Gasteiger partial charge on any atom is 0.234 e. The smallest absolute Gasteiger partial charge is 0.234 e. The van der Waals surface area contributed by atoms with Gasteiger partial charge < -0.3 is 4.74 Å². The molecule has 0 fully saturated rings. The summed E-state index contributed by atoms with van der Waals surface area (Å²) in [5, 5.41) is 14.5.